The maximum atomic E-state index is 12.1. The van der Waals surface area contributed by atoms with Gasteiger partial charge in [-0.2, -0.15) is 0 Å². The van der Waals surface area contributed by atoms with E-state index in [0.717, 1.165) is 12.8 Å². The van der Waals surface area contributed by atoms with Crippen molar-refractivity contribution in [3.8, 4) is 0 Å². The largest absolute Gasteiger partial charge is 0.550 e. The van der Waals surface area contributed by atoms with E-state index in [-0.39, 0.29) is 5.78 Å². The summed E-state index contributed by atoms with van der Waals surface area (Å²) in [5, 5.41) is 10.3. The molecule has 1 saturated carbocycles. The van der Waals surface area contributed by atoms with Gasteiger partial charge in [-0.25, -0.2) is 0 Å². The summed E-state index contributed by atoms with van der Waals surface area (Å²) in [6.07, 6.45) is 1.14. The lowest BCUT2D eigenvalue weighted by Crippen LogP contribution is -2.51. The number of ether oxygens (including phenoxy) is 1. The van der Waals surface area contributed by atoms with Crippen LogP contribution in [-0.4, -0.2) is 23.3 Å². The second kappa shape index (κ2) is 4.47. The molecule has 0 bridgehead atoms. The highest BCUT2D eigenvalue weighted by atomic mass is 16.6. The third-order valence-electron chi connectivity index (χ3n) is 3.18. The third kappa shape index (κ3) is 3.05. The molecular formula is C12H17O5-. The molecule has 17 heavy (non-hydrogen) atoms. The standard InChI is InChI=1S/C12H18O5/c1-11(2)5-4-6-12(3,10(11)16)17-9(15)7-8(13)14/h4-7H2,1-3H3,(H,13,14)/p-1. The summed E-state index contributed by atoms with van der Waals surface area (Å²) < 4.78 is 5.03. The van der Waals surface area contributed by atoms with Crippen molar-refractivity contribution in [2.45, 2.75) is 52.1 Å². The van der Waals surface area contributed by atoms with Crippen LogP contribution in [0.3, 0.4) is 0 Å². The molecule has 0 heterocycles. The number of rotatable bonds is 3. The fourth-order valence-corrected chi connectivity index (χ4v) is 2.31. The topological polar surface area (TPSA) is 83.5 Å². The van der Waals surface area contributed by atoms with Gasteiger partial charge in [0, 0.05) is 5.41 Å². The van der Waals surface area contributed by atoms with Crippen LogP contribution in [0, 0.1) is 5.41 Å². The average Bonchev–Trinajstić information content (AvgIpc) is 2.12. The molecule has 0 amide bonds. The minimum absolute atomic E-state index is 0.150. The molecule has 1 aliphatic carbocycles. The van der Waals surface area contributed by atoms with Gasteiger partial charge in [-0.05, 0) is 26.2 Å². The van der Waals surface area contributed by atoms with E-state index in [0.29, 0.717) is 6.42 Å². The molecule has 5 heteroatoms. The van der Waals surface area contributed by atoms with Crippen LogP contribution in [0.1, 0.15) is 46.5 Å². The fraction of sp³-hybridized carbons (Fsp3) is 0.750. The van der Waals surface area contributed by atoms with Gasteiger partial charge in [0.2, 0.25) is 0 Å². The van der Waals surface area contributed by atoms with Crippen LogP contribution in [0.4, 0.5) is 0 Å². The lowest BCUT2D eigenvalue weighted by Gasteiger charge is -2.40. The molecule has 1 rings (SSSR count). The number of ketones is 1. The Hall–Kier alpha value is -1.39. The molecule has 0 aromatic rings. The third-order valence-corrected chi connectivity index (χ3v) is 3.18. The van der Waals surface area contributed by atoms with E-state index >= 15 is 0 Å². The van der Waals surface area contributed by atoms with Gasteiger partial charge in [0.05, 0.1) is 12.4 Å². The monoisotopic (exact) mass is 241 g/mol. The van der Waals surface area contributed by atoms with Crippen LogP contribution in [0.25, 0.3) is 0 Å². The van der Waals surface area contributed by atoms with Crippen molar-refractivity contribution >= 4 is 17.7 Å². The zero-order chi connectivity index (χ0) is 13.3. The second-order valence-corrected chi connectivity index (χ2v) is 5.32. The van der Waals surface area contributed by atoms with Crippen molar-refractivity contribution in [1.82, 2.24) is 0 Å². The average molecular weight is 241 g/mol. The van der Waals surface area contributed by atoms with Gasteiger partial charge in [-0.3, -0.25) is 9.59 Å². The zero-order valence-electron chi connectivity index (χ0n) is 10.4. The van der Waals surface area contributed by atoms with Gasteiger partial charge >= 0.3 is 5.97 Å². The molecule has 1 fully saturated rings. The van der Waals surface area contributed by atoms with Gasteiger partial charge in [0.1, 0.15) is 0 Å². The highest BCUT2D eigenvalue weighted by Gasteiger charge is 2.48. The molecule has 5 nitrogen and oxygen atoms in total. The Morgan fingerprint density at radius 2 is 1.88 bits per heavy atom. The van der Waals surface area contributed by atoms with Gasteiger partial charge in [0.25, 0.3) is 0 Å². The predicted molar refractivity (Wildman–Crippen MR) is 56.8 cm³/mol. The molecule has 1 atom stereocenters. The lowest BCUT2D eigenvalue weighted by molar-refractivity contribution is -0.305. The summed E-state index contributed by atoms with van der Waals surface area (Å²) in [7, 11) is 0. The molecule has 0 radical (unpaired) electrons. The number of hydrogen-bond acceptors (Lipinski definition) is 5. The molecular weight excluding hydrogens is 224 g/mol. The number of carboxylic acids is 1. The molecule has 0 aromatic heterocycles. The number of carboxylic acid groups (broad SMARTS) is 1. The SMILES string of the molecule is CC1(C)CCCC(C)(OC(=O)CC(=O)[O-])C1=O. The van der Waals surface area contributed by atoms with Crippen LogP contribution in [0.5, 0.6) is 0 Å². The van der Waals surface area contributed by atoms with Gasteiger partial charge in [-0.15, -0.1) is 0 Å². The first-order valence-corrected chi connectivity index (χ1v) is 5.64. The molecule has 0 N–H and O–H groups in total. The van der Waals surface area contributed by atoms with E-state index in [1.165, 1.54) is 0 Å². The van der Waals surface area contributed by atoms with Crippen molar-refractivity contribution in [1.29, 1.82) is 0 Å². The van der Waals surface area contributed by atoms with Crippen molar-refractivity contribution in [2.24, 2.45) is 5.41 Å². The number of Topliss-reactive ketones (excluding diaryl/α,β-unsaturated/α-hetero) is 1. The number of carbonyl (C=O) groups excluding carboxylic acids is 3. The molecule has 1 unspecified atom stereocenters. The molecule has 0 aromatic carbocycles. The molecule has 1 aliphatic rings. The highest BCUT2D eigenvalue weighted by Crippen LogP contribution is 2.39. The molecule has 0 spiro atoms. The van der Waals surface area contributed by atoms with Crippen LogP contribution < -0.4 is 5.11 Å². The number of hydrogen-bond donors (Lipinski definition) is 0. The Balaban J connectivity index is 2.77. The van der Waals surface area contributed by atoms with E-state index in [4.69, 9.17) is 4.74 Å². The number of esters is 1. The van der Waals surface area contributed by atoms with Gasteiger partial charge in [0.15, 0.2) is 11.4 Å². The lowest BCUT2D eigenvalue weighted by atomic mass is 9.69. The van der Waals surface area contributed by atoms with E-state index in [9.17, 15) is 19.5 Å². The first-order valence-electron chi connectivity index (χ1n) is 5.64. The second-order valence-electron chi connectivity index (χ2n) is 5.32. The molecule has 0 saturated heterocycles. The Morgan fingerprint density at radius 3 is 2.41 bits per heavy atom. The fourth-order valence-electron chi connectivity index (χ4n) is 2.31. The summed E-state index contributed by atoms with van der Waals surface area (Å²) in [5.74, 6) is -2.57. The van der Waals surface area contributed by atoms with E-state index in [1.54, 1.807) is 20.8 Å². The maximum Gasteiger partial charge on any atom is 0.312 e. The molecule has 0 aliphatic heterocycles. The summed E-state index contributed by atoms with van der Waals surface area (Å²) in [4.78, 5) is 33.7. The van der Waals surface area contributed by atoms with E-state index in [2.05, 4.69) is 0 Å². The minimum atomic E-state index is -1.50. The Labute approximate surface area is 100 Å². The Kier molecular flexibility index (Phi) is 3.59. The predicted octanol–water partition coefficient (Wildman–Crippen LogP) is 0.208. The van der Waals surface area contributed by atoms with Crippen molar-refractivity contribution in [3.05, 3.63) is 0 Å². The Bertz CT molecular complexity index is 358. The summed E-state index contributed by atoms with van der Waals surface area (Å²) in [6, 6.07) is 0. The Morgan fingerprint density at radius 1 is 1.29 bits per heavy atom. The highest BCUT2D eigenvalue weighted by molar-refractivity contribution is 5.96. The van der Waals surface area contributed by atoms with E-state index in [1.807, 2.05) is 0 Å². The van der Waals surface area contributed by atoms with Crippen LogP contribution in [0.2, 0.25) is 0 Å². The first-order chi connectivity index (χ1) is 7.67. The van der Waals surface area contributed by atoms with Gasteiger partial charge in [-0.1, -0.05) is 13.8 Å². The van der Waals surface area contributed by atoms with Crippen LogP contribution in [-0.2, 0) is 19.1 Å². The first kappa shape index (κ1) is 13.7. The summed E-state index contributed by atoms with van der Waals surface area (Å²) >= 11 is 0. The van der Waals surface area contributed by atoms with Crippen molar-refractivity contribution in [2.75, 3.05) is 0 Å². The zero-order valence-corrected chi connectivity index (χ0v) is 10.4. The van der Waals surface area contributed by atoms with Crippen molar-refractivity contribution in [3.63, 3.8) is 0 Å². The van der Waals surface area contributed by atoms with E-state index < -0.39 is 29.4 Å². The number of carbonyl (C=O) groups is 3. The van der Waals surface area contributed by atoms with Crippen LogP contribution >= 0.6 is 0 Å². The number of aliphatic carboxylic acids is 1. The van der Waals surface area contributed by atoms with Gasteiger partial charge < -0.3 is 14.6 Å². The normalized spacial score (nSPS) is 27.6. The summed E-state index contributed by atoms with van der Waals surface area (Å²) in [6.45, 7) is 5.15. The summed E-state index contributed by atoms with van der Waals surface area (Å²) in [5.41, 5.74) is -1.73. The van der Waals surface area contributed by atoms with Crippen molar-refractivity contribution < 1.29 is 24.2 Å². The maximum absolute atomic E-state index is 12.1. The molecule has 96 valence electrons. The minimum Gasteiger partial charge on any atom is -0.550 e. The quantitative estimate of drug-likeness (QED) is 0.521. The van der Waals surface area contributed by atoms with Crippen LogP contribution in [0.15, 0.2) is 0 Å². The smallest absolute Gasteiger partial charge is 0.312 e.